The Labute approximate surface area is 183 Å². The van der Waals surface area contributed by atoms with E-state index in [2.05, 4.69) is 22.4 Å². The maximum Gasteiger partial charge on any atom is 0.262 e. The first kappa shape index (κ1) is 19.1. The van der Waals surface area contributed by atoms with E-state index in [-0.39, 0.29) is 12.5 Å². The lowest BCUT2D eigenvalue weighted by atomic mass is 10.1. The number of ether oxygens (including phenoxy) is 1. The SMILES string of the molecule is O=C(COc1ccc(-c2ccccc2)cc1)Nc1ccc(-c2cn3ccsc3n2)cc1. The minimum atomic E-state index is -0.206. The molecule has 0 aliphatic heterocycles. The first-order valence-corrected chi connectivity index (χ1v) is 10.7. The van der Waals surface area contributed by atoms with Gasteiger partial charge in [0.25, 0.3) is 5.91 Å². The van der Waals surface area contributed by atoms with Crippen LogP contribution in [0.5, 0.6) is 5.75 Å². The van der Waals surface area contributed by atoms with Crippen molar-refractivity contribution in [3.8, 4) is 28.1 Å². The van der Waals surface area contributed by atoms with Crippen molar-refractivity contribution < 1.29 is 9.53 Å². The Bertz CT molecular complexity index is 1280. The van der Waals surface area contributed by atoms with E-state index in [0.717, 1.165) is 33.0 Å². The highest BCUT2D eigenvalue weighted by molar-refractivity contribution is 7.15. The van der Waals surface area contributed by atoms with E-state index in [0.29, 0.717) is 5.75 Å². The quantitative estimate of drug-likeness (QED) is 0.377. The van der Waals surface area contributed by atoms with E-state index in [1.807, 2.05) is 88.9 Å². The molecule has 0 bridgehead atoms. The summed E-state index contributed by atoms with van der Waals surface area (Å²) in [6.45, 7) is -0.0518. The molecule has 6 heteroatoms. The Morgan fingerprint density at radius 3 is 2.35 bits per heavy atom. The molecule has 0 aliphatic carbocycles. The highest BCUT2D eigenvalue weighted by Crippen LogP contribution is 2.24. The molecule has 0 aliphatic rings. The van der Waals surface area contributed by atoms with Gasteiger partial charge in [0.05, 0.1) is 5.69 Å². The zero-order valence-corrected chi connectivity index (χ0v) is 17.4. The van der Waals surface area contributed by atoms with Crippen molar-refractivity contribution in [1.82, 2.24) is 9.38 Å². The predicted molar refractivity (Wildman–Crippen MR) is 125 cm³/mol. The van der Waals surface area contributed by atoms with Crippen LogP contribution in [0.2, 0.25) is 0 Å². The Hall–Kier alpha value is -3.90. The molecule has 1 N–H and O–H groups in total. The van der Waals surface area contributed by atoms with Gasteiger partial charge in [0.2, 0.25) is 0 Å². The molecule has 152 valence electrons. The second kappa shape index (κ2) is 8.45. The van der Waals surface area contributed by atoms with E-state index in [1.54, 1.807) is 11.3 Å². The van der Waals surface area contributed by atoms with Gasteiger partial charge in [0.15, 0.2) is 11.6 Å². The molecule has 0 fully saturated rings. The number of nitrogens with one attached hydrogen (secondary N) is 1. The van der Waals surface area contributed by atoms with E-state index in [1.165, 1.54) is 0 Å². The molecule has 2 aromatic heterocycles. The van der Waals surface area contributed by atoms with Crippen LogP contribution in [0.15, 0.2) is 96.6 Å². The molecular formula is C25H19N3O2S. The predicted octanol–water partition coefficient (Wildman–Crippen LogP) is 5.75. The van der Waals surface area contributed by atoms with Crippen LogP contribution >= 0.6 is 11.3 Å². The number of aromatic nitrogens is 2. The van der Waals surface area contributed by atoms with E-state index >= 15 is 0 Å². The fourth-order valence-corrected chi connectivity index (χ4v) is 4.01. The number of hydrogen-bond donors (Lipinski definition) is 1. The van der Waals surface area contributed by atoms with Crippen LogP contribution in [0.4, 0.5) is 5.69 Å². The minimum absolute atomic E-state index is 0.0518. The smallest absolute Gasteiger partial charge is 0.262 e. The highest BCUT2D eigenvalue weighted by atomic mass is 32.1. The number of rotatable bonds is 6. The molecule has 0 unspecified atom stereocenters. The normalized spacial score (nSPS) is 10.8. The lowest BCUT2D eigenvalue weighted by Crippen LogP contribution is -2.20. The van der Waals surface area contributed by atoms with Crippen molar-refractivity contribution in [2.24, 2.45) is 0 Å². The fourth-order valence-electron chi connectivity index (χ4n) is 3.31. The minimum Gasteiger partial charge on any atom is -0.484 e. The number of carbonyl (C=O) groups is 1. The van der Waals surface area contributed by atoms with Gasteiger partial charge in [0.1, 0.15) is 5.75 Å². The molecule has 0 saturated heterocycles. The summed E-state index contributed by atoms with van der Waals surface area (Å²) >= 11 is 1.60. The first-order valence-electron chi connectivity index (χ1n) is 9.85. The van der Waals surface area contributed by atoms with Crippen LogP contribution in [0.25, 0.3) is 27.3 Å². The molecule has 1 amide bonds. The second-order valence-corrected chi connectivity index (χ2v) is 7.90. The number of imidazole rings is 1. The Morgan fingerprint density at radius 1 is 0.903 bits per heavy atom. The maximum absolute atomic E-state index is 12.3. The van der Waals surface area contributed by atoms with E-state index in [9.17, 15) is 4.79 Å². The number of hydrogen-bond acceptors (Lipinski definition) is 4. The van der Waals surface area contributed by atoms with Crippen LogP contribution < -0.4 is 10.1 Å². The molecule has 5 nitrogen and oxygen atoms in total. The number of fused-ring (bicyclic) bond motifs is 1. The Kier molecular flexibility index (Phi) is 5.21. The average Bonchev–Trinajstić information content (AvgIpc) is 3.42. The van der Waals surface area contributed by atoms with Crippen molar-refractivity contribution in [3.63, 3.8) is 0 Å². The topological polar surface area (TPSA) is 55.6 Å². The lowest BCUT2D eigenvalue weighted by Gasteiger charge is -2.09. The average molecular weight is 426 g/mol. The molecule has 31 heavy (non-hydrogen) atoms. The molecule has 5 rings (SSSR count). The molecule has 5 aromatic rings. The standard InChI is InChI=1S/C25H19N3O2S/c29-24(17-30-22-12-8-19(9-13-22)18-4-2-1-3-5-18)26-21-10-6-20(7-11-21)23-16-28-14-15-31-25(28)27-23/h1-16H,17H2,(H,26,29). The van der Waals surface area contributed by atoms with Crippen molar-refractivity contribution in [2.75, 3.05) is 11.9 Å². The van der Waals surface area contributed by atoms with Gasteiger partial charge in [0, 0.05) is 29.0 Å². The summed E-state index contributed by atoms with van der Waals surface area (Å²) in [6, 6.07) is 25.5. The zero-order chi connectivity index (χ0) is 21.0. The van der Waals surface area contributed by atoms with E-state index < -0.39 is 0 Å². The summed E-state index contributed by atoms with van der Waals surface area (Å²) in [4.78, 5) is 17.8. The Balaban J connectivity index is 1.16. The highest BCUT2D eigenvalue weighted by Gasteiger charge is 2.07. The van der Waals surface area contributed by atoms with Gasteiger partial charge in [-0.2, -0.15) is 0 Å². The number of benzene rings is 3. The number of nitrogens with zero attached hydrogens (tertiary/aromatic N) is 2. The third-order valence-electron chi connectivity index (χ3n) is 4.89. The van der Waals surface area contributed by atoms with Crippen LogP contribution in [-0.2, 0) is 4.79 Å². The summed E-state index contributed by atoms with van der Waals surface area (Å²) in [5.41, 5.74) is 4.88. The number of carbonyl (C=O) groups excluding carboxylic acids is 1. The van der Waals surface area contributed by atoms with Crippen molar-refractivity contribution >= 4 is 27.9 Å². The third-order valence-corrected chi connectivity index (χ3v) is 5.66. The monoisotopic (exact) mass is 425 g/mol. The van der Waals surface area contributed by atoms with Crippen molar-refractivity contribution in [1.29, 1.82) is 0 Å². The molecular weight excluding hydrogens is 406 g/mol. The first-order chi connectivity index (χ1) is 15.2. The van der Waals surface area contributed by atoms with Gasteiger partial charge in [-0.15, -0.1) is 11.3 Å². The van der Waals surface area contributed by atoms with Gasteiger partial charge in [-0.1, -0.05) is 54.6 Å². The van der Waals surface area contributed by atoms with Gasteiger partial charge >= 0.3 is 0 Å². The molecule has 0 spiro atoms. The lowest BCUT2D eigenvalue weighted by molar-refractivity contribution is -0.118. The summed E-state index contributed by atoms with van der Waals surface area (Å²) in [5.74, 6) is 0.451. The Morgan fingerprint density at radius 2 is 1.61 bits per heavy atom. The second-order valence-electron chi connectivity index (χ2n) is 7.02. The largest absolute Gasteiger partial charge is 0.484 e. The summed E-state index contributed by atoms with van der Waals surface area (Å²) in [6.07, 6.45) is 3.98. The molecule has 0 atom stereocenters. The summed E-state index contributed by atoms with van der Waals surface area (Å²) in [5, 5.41) is 4.87. The van der Waals surface area contributed by atoms with Gasteiger partial charge < -0.3 is 10.1 Å². The zero-order valence-electron chi connectivity index (χ0n) is 16.6. The maximum atomic E-state index is 12.3. The van der Waals surface area contributed by atoms with Crippen LogP contribution in [0.1, 0.15) is 0 Å². The van der Waals surface area contributed by atoms with Gasteiger partial charge in [-0.25, -0.2) is 4.98 Å². The van der Waals surface area contributed by atoms with Gasteiger partial charge in [-0.3, -0.25) is 9.20 Å². The van der Waals surface area contributed by atoms with Crippen molar-refractivity contribution in [3.05, 3.63) is 96.6 Å². The third kappa shape index (κ3) is 4.34. The molecule has 2 heterocycles. The fraction of sp³-hybridized carbons (Fsp3) is 0.0400. The van der Waals surface area contributed by atoms with Crippen LogP contribution in [0.3, 0.4) is 0 Å². The van der Waals surface area contributed by atoms with Crippen LogP contribution in [0, 0.1) is 0 Å². The van der Waals surface area contributed by atoms with Gasteiger partial charge in [-0.05, 0) is 35.4 Å². The van der Waals surface area contributed by atoms with Crippen LogP contribution in [-0.4, -0.2) is 21.9 Å². The summed E-state index contributed by atoms with van der Waals surface area (Å²) in [7, 11) is 0. The number of anilines is 1. The number of thiazole rings is 1. The molecule has 3 aromatic carbocycles. The number of amides is 1. The molecule has 0 radical (unpaired) electrons. The summed E-state index contributed by atoms with van der Waals surface area (Å²) < 4.78 is 7.62. The van der Waals surface area contributed by atoms with Crippen molar-refractivity contribution in [2.45, 2.75) is 0 Å². The molecule has 0 saturated carbocycles. The van der Waals surface area contributed by atoms with E-state index in [4.69, 9.17) is 4.74 Å².